The molecule has 0 aromatic heterocycles. The van der Waals surface area contributed by atoms with Gasteiger partial charge in [0.25, 0.3) is 0 Å². The fourth-order valence-corrected chi connectivity index (χ4v) is 4.32. The number of nitrogens with zero attached hydrogens (tertiary/aromatic N) is 1. The number of hydrogen-bond donors (Lipinski definition) is 1. The van der Waals surface area contributed by atoms with Gasteiger partial charge < -0.3 is 14.6 Å². The summed E-state index contributed by atoms with van der Waals surface area (Å²) in [5.41, 5.74) is 1.47. The quantitative estimate of drug-likeness (QED) is 0.704. The molecule has 0 radical (unpaired) electrons. The average molecular weight is 424 g/mol. The van der Waals surface area contributed by atoms with Gasteiger partial charge >= 0.3 is 5.97 Å². The van der Waals surface area contributed by atoms with Crippen molar-refractivity contribution in [3.8, 4) is 11.5 Å². The zero-order chi connectivity index (χ0) is 20.3. The number of piperidine rings is 1. The number of carboxylic acids is 1. The Morgan fingerprint density at radius 2 is 1.75 bits per heavy atom. The Morgan fingerprint density at radius 3 is 2.36 bits per heavy atom. The van der Waals surface area contributed by atoms with Gasteiger partial charge in [0, 0.05) is 0 Å². The molecule has 5 nitrogen and oxygen atoms in total. The number of likely N-dealkylation sites (tertiary alicyclic amines) is 1. The molecule has 1 saturated heterocycles. The Kier molecular flexibility index (Phi) is 6.70. The smallest absolute Gasteiger partial charge is 0.320 e. The minimum absolute atomic E-state index is 0.400. The molecule has 3 rings (SSSR count). The summed E-state index contributed by atoms with van der Waals surface area (Å²) in [7, 11) is 3.17. The van der Waals surface area contributed by atoms with Gasteiger partial charge in [0.2, 0.25) is 0 Å². The van der Waals surface area contributed by atoms with E-state index in [2.05, 4.69) is 0 Å². The van der Waals surface area contributed by atoms with Gasteiger partial charge in [-0.25, -0.2) is 0 Å². The molecule has 1 fully saturated rings. The third kappa shape index (κ3) is 3.93. The Bertz CT molecular complexity index is 836. The second kappa shape index (κ2) is 9.03. The maximum Gasteiger partial charge on any atom is 0.320 e. The molecule has 1 heterocycles. The van der Waals surface area contributed by atoms with Gasteiger partial charge in [-0.3, -0.25) is 9.69 Å². The van der Waals surface area contributed by atoms with Crippen molar-refractivity contribution in [1.29, 1.82) is 0 Å². The molecule has 2 atom stereocenters. The SMILES string of the molecule is COc1cccc(OC)c1C(c1cccc(Cl)c1Cl)N1CCCCC1C(=O)O. The molecule has 150 valence electrons. The van der Waals surface area contributed by atoms with Crippen molar-refractivity contribution in [2.75, 3.05) is 20.8 Å². The molecule has 0 bridgehead atoms. The number of benzene rings is 2. The number of hydrogen-bond acceptors (Lipinski definition) is 4. The summed E-state index contributed by atoms with van der Waals surface area (Å²) >= 11 is 12.9. The number of carbonyl (C=O) groups is 1. The molecule has 1 aliphatic rings. The summed E-state index contributed by atoms with van der Waals surface area (Å²) in [6, 6.07) is 9.81. The van der Waals surface area contributed by atoms with Crippen molar-refractivity contribution < 1.29 is 19.4 Å². The van der Waals surface area contributed by atoms with Crippen LogP contribution in [0, 0.1) is 0 Å². The van der Waals surface area contributed by atoms with Crippen LogP contribution in [0.25, 0.3) is 0 Å². The predicted molar refractivity (Wildman–Crippen MR) is 110 cm³/mol. The first kappa shape index (κ1) is 20.8. The second-order valence-electron chi connectivity index (χ2n) is 6.71. The lowest BCUT2D eigenvalue weighted by Crippen LogP contribution is -2.47. The molecule has 1 aliphatic heterocycles. The largest absolute Gasteiger partial charge is 0.496 e. The maximum atomic E-state index is 12.0. The van der Waals surface area contributed by atoms with Gasteiger partial charge in [-0.1, -0.05) is 47.8 Å². The van der Waals surface area contributed by atoms with Crippen LogP contribution in [0.15, 0.2) is 36.4 Å². The van der Waals surface area contributed by atoms with E-state index in [-0.39, 0.29) is 0 Å². The van der Waals surface area contributed by atoms with Gasteiger partial charge in [0.1, 0.15) is 17.5 Å². The van der Waals surface area contributed by atoms with E-state index in [1.165, 1.54) is 0 Å². The standard InChI is InChI=1S/C21H23Cl2NO4/c1-27-16-10-6-11-17(28-2)18(16)20(13-7-5-8-14(22)19(13)23)24-12-4-3-9-15(24)21(25)26/h5-8,10-11,15,20H,3-4,9,12H2,1-2H3,(H,25,26). The summed E-state index contributed by atoms with van der Waals surface area (Å²) < 4.78 is 11.2. The highest BCUT2D eigenvalue weighted by molar-refractivity contribution is 6.42. The molecule has 0 saturated carbocycles. The van der Waals surface area contributed by atoms with Gasteiger partial charge in [0.05, 0.1) is 35.9 Å². The van der Waals surface area contributed by atoms with Crippen molar-refractivity contribution in [1.82, 2.24) is 4.90 Å². The van der Waals surface area contributed by atoms with Crippen LogP contribution in [0.2, 0.25) is 10.0 Å². The summed E-state index contributed by atoms with van der Waals surface area (Å²) in [4.78, 5) is 14.0. The monoisotopic (exact) mass is 423 g/mol. The predicted octanol–water partition coefficient (Wildman–Crippen LogP) is 5.04. The van der Waals surface area contributed by atoms with Crippen LogP contribution >= 0.6 is 23.2 Å². The van der Waals surface area contributed by atoms with Gasteiger partial charge in [-0.15, -0.1) is 0 Å². The first-order chi connectivity index (χ1) is 13.5. The molecular weight excluding hydrogens is 401 g/mol. The van der Waals surface area contributed by atoms with Gasteiger partial charge in [0.15, 0.2) is 0 Å². The fraction of sp³-hybridized carbons (Fsp3) is 0.381. The van der Waals surface area contributed by atoms with E-state index in [0.29, 0.717) is 34.5 Å². The van der Waals surface area contributed by atoms with Crippen molar-refractivity contribution >= 4 is 29.2 Å². The number of aliphatic carboxylic acids is 1. The summed E-state index contributed by atoms with van der Waals surface area (Å²) in [6.07, 6.45) is 2.34. The zero-order valence-electron chi connectivity index (χ0n) is 15.8. The number of rotatable bonds is 6. The van der Waals surface area contributed by atoms with Crippen LogP contribution in [-0.4, -0.2) is 42.8 Å². The molecule has 0 aliphatic carbocycles. The number of ether oxygens (including phenoxy) is 2. The molecule has 0 spiro atoms. The molecule has 1 N–H and O–H groups in total. The van der Waals surface area contributed by atoms with E-state index < -0.39 is 18.1 Å². The van der Waals surface area contributed by atoms with E-state index in [4.69, 9.17) is 32.7 Å². The molecule has 7 heteroatoms. The van der Waals surface area contributed by atoms with Crippen molar-refractivity contribution in [2.45, 2.75) is 31.3 Å². The highest BCUT2D eigenvalue weighted by Crippen LogP contribution is 2.46. The Balaban J connectivity index is 2.27. The van der Waals surface area contributed by atoms with E-state index >= 15 is 0 Å². The van der Waals surface area contributed by atoms with Gasteiger partial charge in [-0.2, -0.15) is 0 Å². The lowest BCUT2D eigenvalue weighted by Gasteiger charge is -2.40. The number of carboxylic acid groups (broad SMARTS) is 1. The maximum absolute atomic E-state index is 12.0. The van der Waals surface area contributed by atoms with Crippen LogP contribution in [0.1, 0.15) is 36.4 Å². The highest BCUT2D eigenvalue weighted by atomic mass is 35.5. The van der Waals surface area contributed by atoms with Crippen LogP contribution < -0.4 is 9.47 Å². The minimum atomic E-state index is -0.850. The van der Waals surface area contributed by atoms with Crippen LogP contribution in [0.4, 0.5) is 0 Å². The molecule has 2 aromatic carbocycles. The summed E-state index contributed by atoms with van der Waals surface area (Å²) in [5, 5.41) is 10.7. The first-order valence-corrected chi connectivity index (χ1v) is 9.88. The van der Waals surface area contributed by atoms with Crippen LogP contribution in [-0.2, 0) is 4.79 Å². The minimum Gasteiger partial charge on any atom is -0.496 e. The number of methoxy groups -OCH3 is 2. The molecule has 2 unspecified atom stereocenters. The summed E-state index contributed by atoms with van der Waals surface area (Å²) in [6.45, 7) is 0.617. The van der Waals surface area contributed by atoms with Crippen molar-refractivity contribution in [2.24, 2.45) is 0 Å². The Hall–Kier alpha value is -1.95. The normalized spacial score (nSPS) is 18.5. The molecular formula is C21H23Cl2NO4. The lowest BCUT2D eigenvalue weighted by molar-refractivity contribution is -0.145. The van der Waals surface area contributed by atoms with E-state index in [9.17, 15) is 9.90 Å². The zero-order valence-corrected chi connectivity index (χ0v) is 17.3. The van der Waals surface area contributed by atoms with Crippen LogP contribution in [0.3, 0.4) is 0 Å². The topological polar surface area (TPSA) is 59.0 Å². The van der Waals surface area contributed by atoms with Crippen molar-refractivity contribution in [3.63, 3.8) is 0 Å². The van der Waals surface area contributed by atoms with E-state index in [1.54, 1.807) is 20.3 Å². The van der Waals surface area contributed by atoms with E-state index in [1.807, 2.05) is 35.2 Å². The van der Waals surface area contributed by atoms with Crippen molar-refractivity contribution in [3.05, 3.63) is 57.6 Å². The van der Waals surface area contributed by atoms with Crippen LogP contribution in [0.5, 0.6) is 11.5 Å². The third-order valence-electron chi connectivity index (χ3n) is 5.18. The first-order valence-electron chi connectivity index (χ1n) is 9.13. The molecule has 2 aromatic rings. The molecule has 0 amide bonds. The fourth-order valence-electron chi connectivity index (χ4n) is 3.91. The summed E-state index contributed by atoms with van der Waals surface area (Å²) in [5.74, 6) is 0.363. The third-order valence-corrected chi connectivity index (χ3v) is 6.01. The molecule has 28 heavy (non-hydrogen) atoms. The van der Waals surface area contributed by atoms with Gasteiger partial charge in [-0.05, 0) is 43.1 Å². The second-order valence-corrected chi connectivity index (χ2v) is 7.49. The average Bonchev–Trinajstić information content (AvgIpc) is 2.71. The Morgan fingerprint density at radius 1 is 1.11 bits per heavy atom. The Labute approximate surface area is 174 Å². The lowest BCUT2D eigenvalue weighted by atomic mass is 9.90. The number of halogens is 2. The highest BCUT2D eigenvalue weighted by Gasteiger charge is 2.38. The van der Waals surface area contributed by atoms with E-state index in [0.717, 1.165) is 24.0 Å².